The quantitative estimate of drug-likeness (QED) is 0.0376. The lowest BCUT2D eigenvalue weighted by molar-refractivity contribution is -0.0272. The van der Waals surface area contributed by atoms with Gasteiger partial charge in [-0.05, 0) is 110 Å². The normalized spacial score (nSPS) is 16.3. The summed E-state index contributed by atoms with van der Waals surface area (Å²) in [7, 11) is 7.52. The van der Waals surface area contributed by atoms with Crippen molar-refractivity contribution in [3.05, 3.63) is 48.0 Å². The first-order valence-corrected chi connectivity index (χ1v) is 19.7. The molecule has 56 heavy (non-hydrogen) atoms. The number of carbonyl (C=O) groups excluding carboxylic acids is 1. The molecular weight excluding hydrogens is 762 g/mol. The van der Waals surface area contributed by atoms with Gasteiger partial charge in [0.25, 0.3) is 0 Å². The van der Waals surface area contributed by atoms with E-state index in [1.54, 1.807) is 6.92 Å². The molecule has 1 aliphatic heterocycles. The van der Waals surface area contributed by atoms with E-state index < -0.39 is 31.1 Å². The molecule has 0 spiro atoms. The van der Waals surface area contributed by atoms with Gasteiger partial charge in [0, 0.05) is 90.8 Å². The molecule has 1 aromatic carbocycles. The van der Waals surface area contributed by atoms with E-state index in [0.29, 0.717) is 18.1 Å². The lowest BCUT2D eigenvalue weighted by Crippen LogP contribution is -2.33. The van der Waals surface area contributed by atoms with Crippen molar-refractivity contribution in [3.8, 4) is 119 Å². The van der Waals surface area contributed by atoms with E-state index in [2.05, 4.69) is 129 Å². The Morgan fingerprint density at radius 3 is 2.02 bits per heavy atom. The van der Waals surface area contributed by atoms with Crippen LogP contribution < -0.4 is 10.6 Å². The maximum Gasteiger partial charge on any atom is 0.508 e. The molecule has 2 rings (SSSR count). The summed E-state index contributed by atoms with van der Waals surface area (Å²) in [6.45, 7) is -1.40. The molecule has 2 radical (unpaired) electrons. The van der Waals surface area contributed by atoms with E-state index in [4.69, 9.17) is 55.1 Å². The number of hydrogen-bond acceptors (Lipinski definition) is 8. The van der Waals surface area contributed by atoms with Crippen molar-refractivity contribution in [2.45, 2.75) is 57.4 Å². The largest absolute Gasteiger partial charge is 0.508 e. The zero-order chi connectivity index (χ0) is 40.5. The molecule has 0 amide bonds. The third kappa shape index (κ3) is 22.3. The fraction of sp³-hybridized carbons (Fsp3) is 0.302. The second kappa shape index (κ2) is 29.4. The molecule has 0 aliphatic carbocycles. The van der Waals surface area contributed by atoms with Crippen molar-refractivity contribution in [2.75, 3.05) is 20.3 Å². The van der Waals surface area contributed by atoms with Crippen molar-refractivity contribution in [1.29, 1.82) is 0 Å². The summed E-state index contributed by atoms with van der Waals surface area (Å²) in [5, 5.41) is 6.20. The highest BCUT2D eigenvalue weighted by atomic mass is 32.5. The molecule has 13 heteroatoms. The van der Waals surface area contributed by atoms with Gasteiger partial charge in [-0.15, -0.1) is 0 Å². The molecule has 1 aromatic rings. The topological polar surface area (TPSA) is 108 Å². The van der Waals surface area contributed by atoms with E-state index in [9.17, 15) is 9.69 Å². The highest BCUT2D eigenvalue weighted by molar-refractivity contribution is 8.07. The van der Waals surface area contributed by atoms with E-state index in [0.717, 1.165) is 24.8 Å². The number of rotatable bonds is 14. The molecule has 1 aliphatic rings. The number of hydrogen-bond donors (Lipinski definition) is 3. The zero-order valence-electron chi connectivity index (χ0n) is 30.5. The third-order valence-corrected chi connectivity index (χ3v) is 8.60. The molecule has 3 N–H and O–H groups in total. The second-order valence-electron chi connectivity index (χ2n) is 10.6. The van der Waals surface area contributed by atoms with Crippen LogP contribution in [-0.2, 0) is 41.7 Å². The van der Waals surface area contributed by atoms with Crippen molar-refractivity contribution >= 4 is 49.9 Å². The molecule has 1 heterocycles. The predicted molar refractivity (Wildman–Crippen MR) is 224 cm³/mol. The van der Waals surface area contributed by atoms with Gasteiger partial charge >= 0.3 is 12.9 Å². The number of thiocarbonyl (C=S) groups is 1. The molecule has 1 saturated heterocycles. The monoisotopic (exact) mass is 796 g/mol. The first kappa shape index (κ1) is 46.2. The highest BCUT2D eigenvalue weighted by Gasteiger charge is 2.45. The van der Waals surface area contributed by atoms with Crippen molar-refractivity contribution in [2.24, 2.45) is 5.92 Å². The number of nitrogens with one attached hydrogen (secondary N) is 2. The summed E-state index contributed by atoms with van der Waals surface area (Å²) >= 11 is 10.3. The van der Waals surface area contributed by atoms with Gasteiger partial charge in [-0.2, -0.15) is 0 Å². The second-order valence-corrected chi connectivity index (χ2v) is 13.9. The molecule has 2 unspecified atom stereocenters. The highest BCUT2D eigenvalue weighted by Crippen LogP contribution is 2.48. The molecule has 9 nitrogen and oxygen atoms in total. The van der Waals surface area contributed by atoms with E-state index in [1.807, 2.05) is 42.5 Å². The van der Waals surface area contributed by atoms with Gasteiger partial charge in [-0.25, -0.2) is 4.79 Å². The Morgan fingerprint density at radius 1 is 0.875 bits per heavy atom. The minimum Gasteiger partial charge on any atom is -0.431 e. The van der Waals surface area contributed by atoms with Gasteiger partial charge in [-0.3, -0.25) is 5.32 Å². The summed E-state index contributed by atoms with van der Waals surface area (Å²) < 4.78 is 27.0. The van der Waals surface area contributed by atoms with E-state index in [-0.39, 0.29) is 19.1 Å². The van der Waals surface area contributed by atoms with Gasteiger partial charge in [0.15, 0.2) is 5.11 Å². The van der Waals surface area contributed by atoms with Crippen LogP contribution in [-0.4, -0.2) is 62.5 Å². The molecule has 0 bridgehead atoms. The number of allylic oxidation sites excluding steroid dienone is 2. The van der Waals surface area contributed by atoms with Crippen LogP contribution >= 0.6 is 18.9 Å². The Morgan fingerprint density at radius 2 is 1.45 bits per heavy atom. The molecular formula is C43H34BN2O7PS2. The molecule has 0 saturated carbocycles. The summed E-state index contributed by atoms with van der Waals surface area (Å²) in [4.78, 5) is 22.6. The molecule has 1 fully saturated rings. The van der Waals surface area contributed by atoms with E-state index >= 15 is 0 Å². The predicted octanol–water partition coefficient (Wildman–Crippen LogP) is 3.69. The number of ether oxygens (including phenoxy) is 3. The Kier molecular flexibility index (Phi) is 24.3. The molecule has 278 valence electrons. The van der Waals surface area contributed by atoms with E-state index in [1.165, 1.54) is 7.11 Å². The summed E-state index contributed by atoms with van der Waals surface area (Å²) in [5.41, 5.74) is 0.813. The van der Waals surface area contributed by atoms with Gasteiger partial charge in [0.2, 0.25) is 0 Å². The maximum atomic E-state index is 12.2. The van der Waals surface area contributed by atoms with Crippen molar-refractivity contribution in [3.63, 3.8) is 0 Å². The lowest BCUT2D eigenvalue weighted by atomic mass is 9.82. The van der Waals surface area contributed by atoms with Gasteiger partial charge in [0.05, 0.1) is 0 Å². The van der Waals surface area contributed by atoms with Crippen LogP contribution in [0.15, 0.2) is 42.5 Å². The van der Waals surface area contributed by atoms with Crippen LogP contribution in [0.3, 0.4) is 0 Å². The number of benzene rings is 1. The lowest BCUT2D eigenvalue weighted by Gasteiger charge is -2.26. The SMILES string of the molecule is [B][C@@H]1O[C@H](COC(=O)OCc2ccccc2)[C@H](OP(O)(=S)OC)C1C/C=C/CCCCNC(=S)NC#CC#CC#CC#CC#CC#CC#CC#CC#CC#CC. The Hall–Kier alpha value is -5.93. The summed E-state index contributed by atoms with van der Waals surface area (Å²) in [5.74, 6) is 47.9. The Bertz CT molecular complexity index is 2250. The van der Waals surface area contributed by atoms with Crippen LogP contribution in [0.4, 0.5) is 4.79 Å². The van der Waals surface area contributed by atoms with Crippen molar-refractivity contribution in [1.82, 2.24) is 10.6 Å². The summed E-state index contributed by atoms with van der Waals surface area (Å²) in [6.07, 6.45) is 4.54. The zero-order valence-corrected chi connectivity index (χ0v) is 33.1. The summed E-state index contributed by atoms with van der Waals surface area (Å²) in [6, 6.07) is 11.1. The Labute approximate surface area is 342 Å². The van der Waals surface area contributed by atoms with Gasteiger partial charge in [-0.1, -0.05) is 48.4 Å². The van der Waals surface area contributed by atoms with Crippen LogP contribution in [0.25, 0.3) is 0 Å². The fourth-order valence-corrected chi connectivity index (χ4v) is 5.32. The standard InChI is InChI=1S/C43H34BN2O7PS2/c1-3-4-5-6-7-8-9-10-11-12-13-14-15-16-17-18-19-22-28-33-45-42(55)46-34-29-23-20-21-27-32-38-40(53-54(48,56)49-2)39(52-41(38)44)36-51-43(47)50-35-37-30-25-24-26-31-37/h21,24-27,30-31,38-41H,20,23,29,32,34-36H2,1-2H3,(H,48,56)(H2,45,46,55)/b27-21+/t38?,39-,40-,41-,54?/m1/s1. The van der Waals surface area contributed by atoms with Crippen LogP contribution in [0.1, 0.15) is 38.2 Å². The maximum absolute atomic E-state index is 12.2. The Balaban J connectivity index is 1.67. The van der Waals surface area contributed by atoms with Crippen LogP contribution in [0.5, 0.6) is 0 Å². The number of carbonyl (C=O) groups is 1. The minimum absolute atomic E-state index is 0.0538. The van der Waals surface area contributed by atoms with Crippen LogP contribution in [0, 0.1) is 124 Å². The average Bonchev–Trinajstić information content (AvgIpc) is 3.48. The van der Waals surface area contributed by atoms with Gasteiger partial charge < -0.3 is 33.5 Å². The first-order valence-electron chi connectivity index (χ1n) is 16.7. The number of unbranched alkanes of at least 4 members (excludes halogenated alkanes) is 2. The molecule has 5 atom stereocenters. The van der Waals surface area contributed by atoms with Crippen LogP contribution in [0.2, 0.25) is 0 Å². The first-order chi connectivity index (χ1) is 27.3. The fourth-order valence-electron chi connectivity index (χ4n) is 4.18. The molecule has 0 aromatic heterocycles. The smallest absolute Gasteiger partial charge is 0.431 e. The average molecular weight is 797 g/mol. The minimum atomic E-state index is -3.58. The van der Waals surface area contributed by atoms with Gasteiger partial charge in [0.1, 0.15) is 33.3 Å². The third-order valence-electron chi connectivity index (χ3n) is 6.68. The van der Waals surface area contributed by atoms with Crippen molar-refractivity contribution < 1.29 is 32.9 Å².